The van der Waals surface area contributed by atoms with Crippen molar-refractivity contribution in [3.8, 4) is 5.75 Å². The number of allylic oxidation sites excluding steroid dienone is 2. The van der Waals surface area contributed by atoms with Crippen LogP contribution in [0.4, 0.5) is 0 Å². The molecule has 2 aliphatic carbocycles. The predicted molar refractivity (Wildman–Crippen MR) is 102 cm³/mol. The van der Waals surface area contributed by atoms with Gasteiger partial charge >= 0.3 is 0 Å². The Labute approximate surface area is 157 Å². The summed E-state index contributed by atoms with van der Waals surface area (Å²) in [6.07, 6.45) is 6.69. The quantitative estimate of drug-likeness (QED) is 0.477. The molecular formula is C22H20N2O3. The lowest BCUT2D eigenvalue weighted by atomic mass is 9.85. The standard InChI is InChI=1S/C22H20N2O3/c1-2-27-18-10-9-13-5-3-4-6-16(13)17(18)12-23-24-21(25)19-14-7-8-15(11-14)20(19)22(24)26/h3-10,12,14-15,19-20H,2,11H2,1H3/t14-,15-,19-,20+/m0/s1. The second kappa shape index (κ2) is 6.05. The normalized spacial score (nSPS) is 28.7. The fourth-order valence-corrected chi connectivity index (χ4v) is 4.81. The molecule has 2 bridgehead atoms. The first kappa shape index (κ1) is 16.2. The molecule has 2 aromatic carbocycles. The van der Waals surface area contributed by atoms with E-state index in [1.165, 1.54) is 0 Å². The highest BCUT2D eigenvalue weighted by Crippen LogP contribution is 2.52. The SMILES string of the molecule is CCOc1ccc2ccccc2c1C=NN1C(=O)[C@@H]2[C@H](C1=O)[C@H]1C=C[C@H]2C1. The zero-order chi connectivity index (χ0) is 18.5. The maximum Gasteiger partial charge on any atom is 0.254 e. The number of imide groups is 1. The van der Waals surface area contributed by atoms with Crippen LogP contribution in [0.25, 0.3) is 10.8 Å². The number of amides is 2. The van der Waals surface area contributed by atoms with Crippen LogP contribution in [0.3, 0.4) is 0 Å². The van der Waals surface area contributed by atoms with E-state index in [9.17, 15) is 9.59 Å². The molecule has 2 fully saturated rings. The summed E-state index contributed by atoms with van der Waals surface area (Å²) in [5, 5.41) is 7.45. The van der Waals surface area contributed by atoms with Gasteiger partial charge in [0.2, 0.25) is 0 Å². The Balaban J connectivity index is 1.52. The molecule has 1 saturated heterocycles. The van der Waals surface area contributed by atoms with Gasteiger partial charge in [-0.2, -0.15) is 10.1 Å². The monoisotopic (exact) mass is 360 g/mol. The lowest BCUT2D eigenvalue weighted by Crippen LogP contribution is -2.28. The van der Waals surface area contributed by atoms with Crippen molar-refractivity contribution in [3.63, 3.8) is 0 Å². The Morgan fingerprint density at radius 2 is 1.78 bits per heavy atom. The van der Waals surface area contributed by atoms with Crippen molar-refractivity contribution in [3.05, 3.63) is 54.1 Å². The van der Waals surface area contributed by atoms with E-state index in [0.717, 1.165) is 27.8 Å². The first-order valence-corrected chi connectivity index (χ1v) is 9.43. The summed E-state index contributed by atoms with van der Waals surface area (Å²) in [5.74, 6) is 0.266. The molecule has 1 aliphatic heterocycles. The minimum absolute atomic E-state index is 0.170. The molecular weight excluding hydrogens is 340 g/mol. The molecule has 2 aromatic rings. The van der Waals surface area contributed by atoms with Crippen molar-refractivity contribution in [2.24, 2.45) is 28.8 Å². The van der Waals surface area contributed by atoms with Crippen LogP contribution in [0.1, 0.15) is 18.9 Å². The van der Waals surface area contributed by atoms with Gasteiger partial charge < -0.3 is 4.74 Å². The highest BCUT2D eigenvalue weighted by atomic mass is 16.5. The van der Waals surface area contributed by atoms with Gasteiger partial charge in [0, 0.05) is 5.56 Å². The summed E-state index contributed by atoms with van der Waals surface area (Å²) in [5.41, 5.74) is 0.786. The van der Waals surface area contributed by atoms with Gasteiger partial charge in [-0.05, 0) is 42.0 Å². The number of hydrogen-bond acceptors (Lipinski definition) is 4. The van der Waals surface area contributed by atoms with E-state index in [1.54, 1.807) is 6.21 Å². The zero-order valence-corrected chi connectivity index (χ0v) is 15.0. The van der Waals surface area contributed by atoms with Gasteiger partial charge in [0.25, 0.3) is 11.8 Å². The van der Waals surface area contributed by atoms with E-state index >= 15 is 0 Å². The second-order valence-electron chi connectivity index (χ2n) is 7.36. The van der Waals surface area contributed by atoms with Crippen LogP contribution < -0.4 is 4.74 Å². The van der Waals surface area contributed by atoms with Crippen LogP contribution in [-0.2, 0) is 9.59 Å². The molecule has 3 aliphatic rings. The molecule has 0 radical (unpaired) electrons. The zero-order valence-electron chi connectivity index (χ0n) is 15.0. The van der Waals surface area contributed by atoms with Gasteiger partial charge in [-0.15, -0.1) is 0 Å². The molecule has 136 valence electrons. The van der Waals surface area contributed by atoms with Crippen LogP contribution in [0, 0.1) is 23.7 Å². The highest BCUT2D eigenvalue weighted by Gasteiger charge is 2.59. The molecule has 5 nitrogen and oxygen atoms in total. The predicted octanol–water partition coefficient (Wildman–Crippen LogP) is 3.38. The fraction of sp³-hybridized carbons (Fsp3) is 0.318. The Morgan fingerprint density at radius 1 is 1.07 bits per heavy atom. The van der Waals surface area contributed by atoms with Crippen molar-refractivity contribution in [2.75, 3.05) is 6.61 Å². The van der Waals surface area contributed by atoms with E-state index in [0.29, 0.717) is 12.4 Å². The topological polar surface area (TPSA) is 59.0 Å². The average Bonchev–Trinajstić information content (AvgIpc) is 3.36. The van der Waals surface area contributed by atoms with Crippen molar-refractivity contribution in [1.29, 1.82) is 0 Å². The highest BCUT2D eigenvalue weighted by molar-refractivity contribution is 6.08. The van der Waals surface area contributed by atoms with Crippen LogP contribution >= 0.6 is 0 Å². The molecule has 0 N–H and O–H groups in total. The number of fused-ring (bicyclic) bond motifs is 6. The number of rotatable bonds is 4. The summed E-state index contributed by atoms with van der Waals surface area (Å²) in [6.45, 7) is 2.45. The summed E-state index contributed by atoms with van der Waals surface area (Å²) in [6, 6.07) is 11.8. The summed E-state index contributed by atoms with van der Waals surface area (Å²) in [7, 11) is 0. The number of carbonyl (C=O) groups excluding carboxylic acids is 2. The summed E-state index contributed by atoms with van der Waals surface area (Å²) < 4.78 is 5.74. The summed E-state index contributed by atoms with van der Waals surface area (Å²) >= 11 is 0. The van der Waals surface area contributed by atoms with Gasteiger partial charge in [0.1, 0.15) is 5.75 Å². The number of benzene rings is 2. The molecule has 27 heavy (non-hydrogen) atoms. The molecule has 0 spiro atoms. The molecule has 0 aromatic heterocycles. The van der Waals surface area contributed by atoms with E-state index in [2.05, 4.69) is 17.3 Å². The molecule has 0 unspecified atom stereocenters. The largest absolute Gasteiger partial charge is 0.493 e. The second-order valence-corrected chi connectivity index (χ2v) is 7.36. The molecule has 4 atom stereocenters. The van der Waals surface area contributed by atoms with E-state index in [4.69, 9.17) is 4.74 Å². The van der Waals surface area contributed by atoms with Crippen molar-refractivity contribution in [2.45, 2.75) is 13.3 Å². The minimum Gasteiger partial charge on any atom is -0.493 e. The van der Waals surface area contributed by atoms with Crippen molar-refractivity contribution >= 4 is 28.8 Å². The Bertz CT molecular complexity index is 980. The number of hydrazone groups is 1. The smallest absolute Gasteiger partial charge is 0.254 e. The fourth-order valence-electron chi connectivity index (χ4n) is 4.81. The van der Waals surface area contributed by atoms with Crippen LogP contribution in [0.15, 0.2) is 53.7 Å². The number of ether oxygens (including phenoxy) is 1. The number of hydrogen-bond donors (Lipinski definition) is 0. The Kier molecular flexibility index (Phi) is 3.64. The molecule has 1 heterocycles. The third kappa shape index (κ3) is 2.34. The molecule has 1 saturated carbocycles. The Hall–Kier alpha value is -2.95. The van der Waals surface area contributed by atoms with Crippen molar-refractivity contribution < 1.29 is 14.3 Å². The lowest BCUT2D eigenvalue weighted by molar-refractivity contribution is -0.140. The van der Waals surface area contributed by atoms with Crippen LogP contribution in [-0.4, -0.2) is 29.6 Å². The van der Waals surface area contributed by atoms with Gasteiger partial charge in [-0.25, -0.2) is 0 Å². The van der Waals surface area contributed by atoms with Gasteiger partial charge in [-0.3, -0.25) is 9.59 Å². The first-order chi connectivity index (χ1) is 13.2. The maximum absolute atomic E-state index is 12.8. The lowest BCUT2D eigenvalue weighted by Gasteiger charge is -2.13. The maximum atomic E-state index is 12.8. The van der Waals surface area contributed by atoms with Crippen LogP contribution in [0.2, 0.25) is 0 Å². The molecule has 5 rings (SSSR count). The van der Waals surface area contributed by atoms with Crippen LogP contribution in [0.5, 0.6) is 5.75 Å². The minimum atomic E-state index is -0.233. The summed E-state index contributed by atoms with van der Waals surface area (Å²) in [4.78, 5) is 25.6. The average molecular weight is 360 g/mol. The molecule has 2 amide bonds. The van der Waals surface area contributed by atoms with Gasteiger partial charge in [0.05, 0.1) is 24.7 Å². The first-order valence-electron chi connectivity index (χ1n) is 9.43. The van der Waals surface area contributed by atoms with Gasteiger partial charge in [0.15, 0.2) is 0 Å². The third-order valence-corrected chi connectivity index (χ3v) is 5.98. The number of carbonyl (C=O) groups is 2. The van der Waals surface area contributed by atoms with E-state index in [-0.39, 0.29) is 35.5 Å². The van der Waals surface area contributed by atoms with E-state index in [1.807, 2.05) is 43.3 Å². The van der Waals surface area contributed by atoms with Crippen molar-refractivity contribution in [1.82, 2.24) is 5.01 Å². The number of nitrogens with zero attached hydrogens (tertiary/aromatic N) is 2. The third-order valence-electron chi connectivity index (χ3n) is 5.98. The van der Waals surface area contributed by atoms with E-state index < -0.39 is 0 Å². The Morgan fingerprint density at radius 3 is 2.48 bits per heavy atom. The molecule has 5 heteroatoms. The van der Waals surface area contributed by atoms with Gasteiger partial charge in [-0.1, -0.05) is 42.5 Å².